The van der Waals surface area contributed by atoms with E-state index in [0.717, 1.165) is 12.5 Å². The summed E-state index contributed by atoms with van der Waals surface area (Å²) in [6.45, 7) is 0.972. The molecule has 0 amide bonds. The standard InChI is InChI=1S/C9H10O3.C2H4O2/c10-9(12-11)7-6-8-4-2-1-3-5-8;1-2(3)4/h1-5,11H,6-7H2;1H3,(H,3,4)/p-1. The van der Waals surface area contributed by atoms with E-state index in [2.05, 4.69) is 4.89 Å². The maximum Gasteiger partial charge on any atom is 0.342 e. The first-order valence-electron chi connectivity index (χ1n) is 4.62. The Morgan fingerprint density at radius 3 is 2.25 bits per heavy atom. The van der Waals surface area contributed by atoms with E-state index in [1.807, 2.05) is 30.3 Å². The number of benzene rings is 1. The highest BCUT2D eigenvalue weighted by molar-refractivity contribution is 5.68. The van der Waals surface area contributed by atoms with Crippen molar-refractivity contribution in [2.75, 3.05) is 0 Å². The highest BCUT2D eigenvalue weighted by atomic mass is 17.1. The highest BCUT2D eigenvalue weighted by Crippen LogP contribution is 2.02. The van der Waals surface area contributed by atoms with Crippen LogP contribution in [-0.2, 0) is 20.9 Å². The van der Waals surface area contributed by atoms with Crippen molar-refractivity contribution in [3.63, 3.8) is 0 Å². The van der Waals surface area contributed by atoms with Gasteiger partial charge in [0.1, 0.15) is 0 Å². The van der Waals surface area contributed by atoms with Crippen LogP contribution in [0, 0.1) is 0 Å². The normalized spacial score (nSPS) is 8.62. The van der Waals surface area contributed by atoms with Crippen LogP contribution in [-0.4, -0.2) is 17.2 Å². The van der Waals surface area contributed by atoms with Crippen LogP contribution < -0.4 is 5.11 Å². The Labute approximate surface area is 93.2 Å². The van der Waals surface area contributed by atoms with Gasteiger partial charge in [-0.2, -0.15) is 5.26 Å². The predicted octanol–water partition coefficient (Wildman–Crippen LogP) is 0.392. The molecule has 0 radical (unpaired) electrons. The molecule has 16 heavy (non-hydrogen) atoms. The summed E-state index contributed by atoms with van der Waals surface area (Å²) in [5.74, 6) is -1.68. The van der Waals surface area contributed by atoms with Gasteiger partial charge in [0, 0.05) is 5.97 Å². The van der Waals surface area contributed by atoms with Gasteiger partial charge >= 0.3 is 5.97 Å². The number of hydrogen-bond acceptors (Lipinski definition) is 5. The van der Waals surface area contributed by atoms with Crippen molar-refractivity contribution in [3.05, 3.63) is 35.9 Å². The summed E-state index contributed by atoms with van der Waals surface area (Å²) in [6, 6.07) is 9.56. The monoisotopic (exact) mass is 225 g/mol. The zero-order valence-electron chi connectivity index (χ0n) is 8.88. The Bertz CT molecular complexity index is 316. The smallest absolute Gasteiger partial charge is 0.342 e. The van der Waals surface area contributed by atoms with Crippen LogP contribution in [0.3, 0.4) is 0 Å². The molecule has 0 unspecified atom stereocenters. The van der Waals surface area contributed by atoms with Crippen molar-refractivity contribution in [3.8, 4) is 0 Å². The first kappa shape index (κ1) is 14.1. The fourth-order valence-corrected chi connectivity index (χ4v) is 0.937. The first-order chi connectivity index (χ1) is 7.56. The summed E-state index contributed by atoms with van der Waals surface area (Å²) in [7, 11) is 0. The SMILES string of the molecule is CC(=O)[O-].O=C(CCc1ccccc1)OO. The van der Waals surface area contributed by atoms with Gasteiger partial charge in [-0.3, -0.25) is 0 Å². The average Bonchev–Trinajstić information content (AvgIpc) is 2.26. The molecule has 5 nitrogen and oxygen atoms in total. The molecule has 1 N–H and O–H groups in total. The average molecular weight is 225 g/mol. The molecule has 0 heterocycles. The van der Waals surface area contributed by atoms with Crippen LogP contribution in [0.15, 0.2) is 30.3 Å². The molecular weight excluding hydrogens is 212 g/mol. The molecule has 0 bridgehead atoms. The lowest BCUT2D eigenvalue weighted by Gasteiger charge is -1.97. The van der Waals surface area contributed by atoms with Crippen molar-refractivity contribution in [2.24, 2.45) is 0 Å². The maximum atomic E-state index is 10.5. The topological polar surface area (TPSA) is 86.7 Å². The molecule has 0 aromatic heterocycles. The van der Waals surface area contributed by atoms with Gasteiger partial charge in [-0.25, -0.2) is 4.79 Å². The lowest BCUT2D eigenvalue weighted by Crippen LogP contribution is -2.16. The largest absolute Gasteiger partial charge is 0.550 e. The summed E-state index contributed by atoms with van der Waals surface area (Å²) >= 11 is 0. The molecule has 5 heteroatoms. The van der Waals surface area contributed by atoms with Crippen LogP contribution in [0.2, 0.25) is 0 Å². The molecule has 1 aromatic carbocycles. The highest BCUT2D eigenvalue weighted by Gasteiger charge is 2.01. The van der Waals surface area contributed by atoms with Crippen molar-refractivity contribution in [2.45, 2.75) is 19.8 Å². The number of carboxylic acids is 1. The van der Waals surface area contributed by atoms with Gasteiger partial charge < -0.3 is 14.8 Å². The van der Waals surface area contributed by atoms with Gasteiger partial charge in [0.25, 0.3) is 0 Å². The molecule has 0 atom stereocenters. The molecule has 0 aliphatic heterocycles. The number of hydrogen-bond donors (Lipinski definition) is 1. The number of carboxylic acid groups (broad SMARTS) is 1. The number of aliphatic carboxylic acids is 1. The summed E-state index contributed by atoms with van der Waals surface area (Å²) in [5.41, 5.74) is 1.06. The Morgan fingerprint density at radius 1 is 1.31 bits per heavy atom. The number of aryl methyl sites for hydroxylation is 1. The number of rotatable bonds is 3. The summed E-state index contributed by atoms with van der Waals surface area (Å²) in [4.78, 5) is 22.9. The number of carbonyl (C=O) groups is 2. The van der Waals surface area contributed by atoms with Crippen LogP contribution in [0.4, 0.5) is 0 Å². The third kappa shape index (κ3) is 8.71. The Morgan fingerprint density at radius 2 is 1.81 bits per heavy atom. The second kappa shape index (κ2) is 8.43. The molecule has 0 aliphatic rings. The summed E-state index contributed by atoms with van der Waals surface area (Å²) < 4.78 is 0. The molecule has 0 fully saturated rings. The quantitative estimate of drug-likeness (QED) is 0.594. The minimum absolute atomic E-state index is 0.209. The van der Waals surface area contributed by atoms with E-state index in [4.69, 9.17) is 15.2 Å². The van der Waals surface area contributed by atoms with Crippen LogP contribution in [0.5, 0.6) is 0 Å². The van der Waals surface area contributed by atoms with E-state index in [0.29, 0.717) is 6.42 Å². The summed E-state index contributed by atoms with van der Waals surface area (Å²) in [6.07, 6.45) is 0.806. The molecule has 1 rings (SSSR count). The zero-order valence-corrected chi connectivity index (χ0v) is 8.88. The molecule has 0 saturated carbocycles. The second-order valence-corrected chi connectivity index (χ2v) is 2.94. The van der Waals surface area contributed by atoms with E-state index in [-0.39, 0.29) is 6.42 Å². The predicted molar refractivity (Wildman–Crippen MR) is 54.2 cm³/mol. The van der Waals surface area contributed by atoms with E-state index < -0.39 is 11.9 Å². The molecule has 1 aromatic rings. The van der Waals surface area contributed by atoms with Gasteiger partial charge in [0.05, 0.1) is 6.42 Å². The third-order valence-corrected chi connectivity index (χ3v) is 1.56. The molecule has 0 spiro atoms. The van der Waals surface area contributed by atoms with Crippen molar-refractivity contribution >= 4 is 11.9 Å². The minimum atomic E-state index is -1.08. The van der Waals surface area contributed by atoms with Crippen molar-refractivity contribution in [1.82, 2.24) is 0 Å². The van der Waals surface area contributed by atoms with Gasteiger partial charge in [-0.1, -0.05) is 30.3 Å². The third-order valence-electron chi connectivity index (χ3n) is 1.56. The minimum Gasteiger partial charge on any atom is -0.550 e. The van der Waals surface area contributed by atoms with E-state index in [9.17, 15) is 4.79 Å². The number of carbonyl (C=O) groups excluding carboxylic acids is 2. The van der Waals surface area contributed by atoms with Crippen LogP contribution >= 0.6 is 0 Å². The van der Waals surface area contributed by atoms with Gasteiger partial charge in [-0.05, 0) is 18.9 Å². The van der Waals surface area contributed by atoms with Gasteiger partial charge in [-0.15, -0.1) is 0 Å². The van der Waals surface area contributed by atoms with Crippen molar-refractivity contribution < 1.29 is 24.8 Å². The summed E-state index contributed by atoms with van der Waals surface area (Å²) in [5, 5.41) is 16.9. The fraction of sp³-hybridized carbons (Fsp3) is 0.273. The molecular formula is C11H13O5-. The van der Waals surface area contributed by atoms with E-state index in [1.54, 1.807) is 0 Å². The van der Waals surface area contributed by atoms with Gasteiger partial charge in [0.15, 0.2) is 0 Å². The molecule has 0 aliphatic carbocycles. The Kier molecular flexibility index (Phi) is 7.44. The van der Waals surface area contributed by atoms with Crippen LogP contribution in [0.1, 0.15) is 18.9 Å². The van der Waals surface area contributed by atoms with Crippen molar-refractivity contribution in [1.29, 1.82) is 0 Å². The lowest BCUT2D eigenvalue weighted by molar-refractivity contribution is -0.302. The molecule has 88 valence electrons. The van der Waals surface area contributed by atoms with E-state index in [1.165, 1.54) is 0 Å². The maximum absolute atomic E-state index is 10.5. The zero-order chi connectivity index (χ0) is 12.4. The Balaban J connectivity index is 0.000000487. The first-order valence-corrected chi connectivity index (χ1v) is 4.62. The fourth-order valence-electron chi connectivity index (χ4n) is 0.937. The van der Waals surface area contributed by atoms with Crippen LogP contribution in [0.25, 0.3) is 0 Å². The molecule has 0 saturated heterocycles. The van der Waals surface area contributed by atoms with E-state index >= 15 is 0 Å². The lowest BCUT2D eigenvalue weighted by atomic mass is 10.1. The van der Waals surface area contributed by atoms with Gasteiger partial charge in [0.2, 0.25) is 0 Å². The second-order valence-electron chi connectivity index (χ2n) is 2.94. The Hall–Kier alpha value is -1.88.